The Kier molecular flexibility index (Phi) is 7.29. The van der Waals surface area contributed by atoms with Gasteiger partial charge in [-0.1, -0.05) is 67.9 Å². The molecule has 0 saturated heterocycles. The van der Waals surface area contributed by atoms with Crippen molar-refractivity contribution in [3.8, 4) is 16.9 Å². The third kappa shape index (κ3) is 6.18. The molecule has 3 aromatic rings. The molecule has 0 aliphatic heterocycles. The lowest BCUT2D eigenvalue weighted by Crippen LogP contribution is -2.13. The molecule has 5 heteroatoms. The Morgan fingerprint density at radius 2 is 1.33 bits per heavy atom. The molecule has 3 rings (SSSR count). The lowest BCUT2D eigenvalue weighted by molar-refractivity contribution is 0.221. The summed E-state index contributed by atoms with van der Waals surface area (Å²) in [5.74, 6) is 1.31. The first-order chi connectivity index (χ1) is 14.3. The summed E-state index contributed by atoms with van der Waals surface area (Å²) in [4.78, 5) is 0.150. The van der Waals surface area contributed by atoms with Crippen molar-refractivity contribution in [2.75, 3.05) is 13.2 Å². The first-order valence-electron chi connectivity index (χ1n) is 10.1. The molecule has 30 heavy (non-hydrogen) atoms. The maximum Gasteiger partial charge on any atom is 0.297 e. The van der Waals surface area contributed by atoms with E-state index < -0.39 is 10.1 Å². The van der Waals surface area contributed by atoms with E-state index in [-0.39, 0.29) is 18.1 Å². The van der Waals surface area contributed by atoms with Crippen molar-refractivity contribution in [2.45, 2.75) is 32.1 Å². The Bertz CT molecular complexity index is 1040. The zero-order valence-electron chi connectivity index (χ0n) is 17.7. The lowest BCUT2D eigenvalue weighted by Gasteiger charge is -2.09. The van der Waals surface area contributed by atoms with Crippen molar-refractivity contribution < 1.29 is 17.3 Å². The van der Waals surface area contributed by atoms with Gasteiger partial charge in [-0.25, -0.2) is 0 Å². The van der Waals surface area contributed by atoms with Crippen LogP contribution >= 0.6 is 0 Å². The number of benzene rings is 3. The number of hydrogen-bond donors (Lipinski definition) is 0. The van der Waals surface area contributed by atoms with Gasteiger partial charge in [0, 0.05) is 0 Å². The summed E-state index contributed by atoms with van der Waals surface area (Å²) in [5, 5.41) is 0. The fourth-order valence-electron chi connectivity index (χ4n) is 3.12. The molecule has 4 nitrogen and oxygen atoms in total. The Balaban J connectivity index is 1.50. The molecular weight excluding hydrogens is 396 g/mol. The molecule has 0 fully saturated rings. The van der Waals surface area contributed by atoms with E-state index >= 15 is 0 Å². The van der Waals surface area contributed by atoms with Crippen molar-refractivity contribution in [1.29, 1.82) is 0 Å². The van der Waals surface area contributed by atoms with Crippen LogP contribution in [-0.4, -0.2) is 21.6 Å². The highest BCUT2D eigenvalue weighted by Crippen LogP contribution is 2.23. The van der Waals surface area contributed by atoms with Gasteiger partial charge < -0.3 is 4.74 Å². The van der Waals surface area contributed by atoms with E-state index in [1.54, 1.807) is 24.3 Å². The van der Waals surface area contributed by atoms with Gasteiger partial charge in [-0.15, -0.1) is 0 Å². The third-order valence-corrected chi connectivity index (χ3v) is 6.01. The summed E-state index contributed by atoms with van der Waals surface area (Å²) in [7, 11) is -3.77. The average molecular weight is 425 g/mol. The van der Waals surface area contributed by atoms with E-state index in [1.807, 2.05) is 31.2 Å². The van der Waals surface area contributed by atoms with E-state index in [9.17, 15) is 8.42 Å². The molecule has 0 heterocycles. The second-order valence-corrected chi connectivity index (χ2v) is 9.37. The monoisotopic (exact) mass is 424 g/mol. The molecule has 0 N–H and O–H groups in total. The van der Waals surface area contributed by atoms with Gasteiger partial charge in [0.25, 0.3) is 10.1 Å². The SMILES string of the molecule is Cc1ccc(S(=O)(=O)OCCOc2ccc(-c3ccc(CC(C)C)cc3)cc2)cc1. The van der Waals surface area contributed by atoms with Crippen molar-refractivity contribution in [3.63, 3.8) is 0 Å². The number of aryl methyl sites for hydroxylation is 1. The highest BCUT2D eigenvalue weighted by molar-refractivity contribution is 7.86. The van der Waals surface area contributed by atoms with Gasteiger partial charge in [-0.2, -0.15) is 8.42 Å². The van der Waals surface area contributed by atoms with Crippen LogP contribution in [0.15, 0.2) is 77.7 Å². The van der Waals surface area contributed by atoms with Crippen molar-refractivity contribution in [1.82, 2.24) is 0 Å². The Hall–Kier alpha value is -2.63. The van der Waals surface area contributed by atoms with Gasteiger partial charge in [0.2, 0.25) is 0 Å². The molecule has 158 valence electrons. The van der Waals surface area contributed by atoms with Crippen molar-refractivity contribution in [2.24, 2.45) is 5.92 Å². The van der Waals surface area contributed by atoms with Crippen LogP contribution in [0.2, 0.25) is 0 Å². The van der Waals surface area contributed by atoms with Gasteiger partial charge in [0.15, 0.2) is 0 Å². The van der Waals surface area contributed by atoms with Crippen LogP contribution in [0.3, 0.4) is 0 Å². The van der Waals surface area contributed by atoms with Crippen LogP contribution in [0.5, 0.6) is 5.75 Å². The second kappa shape index (κ2) is 9.92. The molecule has 0 aromatic heterocycles. The van der Waals surface area contributed by atoms with Crippen LogP contribution in [0, 0.1) is 12.8 Å². The summed E-state index contributed by atoms with van der Waals surface area (Å²) in [6.07, 6.45) is 1.08. The summed E-state index contributed by atoms with van der Waals surface area (Å²) in [6, 6.07) is 22.9. The highest BCUT2D eigenvalue weighted by atomic mass is 32.2. The van der Waals surface area contributed by atoms with Crippen LogP contribution in [-0.2, 0) is 20.7 Å². The summed E-state index contributed by atoms with van der Waals surface area (Å²) in [5.41, 5.74) is 4.60. The van der Waals surface area contributed by atoms with E-state index in [2.05, 4.69) is 38.1 Å². The van der Waals surface area contributed by atoms with Gasteiger partial charge >= 0.3 is 0 Å². The second-order valence-electron chi connectivity index (χ2n) is 7.76. The van der Waals surface area contributed by atoms with Gasteiger partial charge in [0.05, 0.1) is 4.90 Å². The van der Waals surface area contributed by atoms with Crippen LogP contribution < -0.4 is 4.74 Å². The highest BCUT2D eigenvalue weighted by Gasteiger charge is 2.14. The molecule has 0 bridgehead atoms. The van der Waals surface area contributed by atoms with Gasteiger partial charge in [0.1, 0.15) is 19.0 Å². The van der Waals surface area contributed by atoms with Crippen LogP contribution in [0.4, 0.5) is 0 Å². The molecular formula is C25H28O4S. The first kappa shape index (κ1) is 22.1. The van der Waals surface area contributed by atoms with E-state index in [1.165, 1.54) is 5.56 Å². The summed E-state index contributed by atoms with van der Waals surface area (Å²) in [6.45, 7) is 6.44. The molecule has 0 amide bonds. The Morgan fingerprint density at radius 1 is 0.767 bits per heavy atom. The molecule has 0 aliphatic carbocycles. The predicted octanol–water partition coefficient (Wildman–Crippen LogP) is 5.64. The Labute approximate surface area is 179 Å². The maximum atomic E-state index is 12.2. The minimum Gasteiger partial charge on any atom is -0.491 e. The van der Waals surface area contributed by atoms with Crippen molar-refractivity contribution >= 4 is 10.1 Å². The molecule has 0 atom stereocenters. The van der Waals surface area contributed by atoms with Crippen LogP contribution in [0.25, 0.3) is 11.1 Å². The third-order valence-electron chi connectivity index (χ3n) is 4.69. The first-order valence-corrected chi connectivity index (χ1v) is 11.5. The van der Waals surface area contributed by atoms with E-state index in [4.69, 9.17) is 8.92 Å². The zero-order chi connectivity index (χ0) is 21.6. The smallest absolute Gasteiger partial charge is 0.297 e. The maximum absolute atomic E-state index is 12.2. The summed E-state index contributed by atoms with van der Waals surface area (Å²) < 4.78 is 35.0. The van der Waals surface area contributed by atoms with E-state index in [0.717, 1.165) is 23.1 Å². The van der Waals surface area contributed by atoms with Crippen LogP contribution in [0.1, 0.15) is 25.0 Å². The molecule has 0 unspecified atom stereocenters. The summed E-state index contributed by atoms with van der Waals surface area (Å²) >= 11 is 0. The molecule has 0 radical (unpaired) electrons. The molecule has 0 saturated carbocycles. The van der Waals surface area contributed by atoms with Gasteiger partial charge in [-0.3, -0.25) is 4.18 Å². The topological polar surface area (TPSA) is 52.6 Å². The molecule has 0 spiro atoms. The minimum absolute atomic E-state index is 0.0464. The number of ether oxygens (including phenoxy) is 1. The number of rotatable bonds is 9. The number of hydrogen-bond acceptors (Lipinski definition) is 4. The molecule has 3 aromatic carbocycles. The molecule has 0 aliphatic rings. The van der Waals surface area contributed by atoms with Gasteiger partial charge in [-0.05, 0) is 60.2 Å². The average Bonchev–Trinajstić information content (AvgIpc) is 2.72. The Morgan fingerprint density at radius 3 is 1.90 bits per heavy atom. The standard InChI is InChI=1S/C25H28O4S/c1-19(2)18-21-6-8-22(9-7-21)23-10-12-24(13-11-23)28-16-17-29-30(26,27)25-14-4-20(3)5-15-25/h4-15,19H,16-18H2,1-3H3. The largest absolute Gasteiger partial charge is 0.491 e. The fraction of sp³-hybridized carbons (Fsp3) is 0.280. The zero-order valence-corrected chi connectivity index (χ0v) is 18.5. The quantitative estimate of drug-likeness (QED) is 0.329. The fourth-order valence-corrected chi connectivity index (χ4v) is 4.02. The minimum atomic E-state index is -3.77. The lowest BCUT2D eigenvalue weighted by atomic mass is 9.99. The van der Waals surface area contributed by atoms with Crippen molar-refractivity contribution in [3.05, 3.63) is 83.9 Å². The normalized spacial score (nSPS) is 11.6. The predicted molar refractivity (Wildman–Crippen MR) is 120 cm³/mol. The van der Waals surface area contributed by atoms with E-state index in [0.29, 0.717) is 11.7 Å².